The largest absolute Gasteiger partial charge is 0.490 e. The quantitative estimate of drug-likeness (QED) is 0.531. The van der Waals surface area contributed by atoms with E-state index < -0.39 is 17.3 Å². The minimum absolute atomic E-state index is 0.0496. The van der Waals surface area contributed by atoms with E-state index in [1.165, 1.54) is 12.1 Å². The van der Waals surface area contributed by atoms with Crippen LogP contribution in [-0.2, 0) is 17.5 Å². The van der Waals surface area contributed by atoms with E-state index in [1.54, 1.807) is 11.0 Å². The van der Waals surface area contributed by atoms with Crippen LogP contribution >= 0.6 is 0 Å². The molecule has 1 amide bonds. The maximum Gasteiger partial charge on any atom is 0.416 e. The number of rotatable bonds is 4. The molecule has 0 radical (unpaired) electrons. The SMILES string of the molecule is CN1CCC(Oc2cc(C(F)(F)F)ccc2CN2CCCC23CCN(C(=O)OC(C)(C)C)CC3)CC1. The molecule has 202 valence electrons. The highest BCUT2D eigenvalue weighted by Crippen LogP contribution is 2.41. The van der Waals surface area contributed by atoms with Crippen LogP contribution in [0, 0.1) is 0 Å². The van der Waals surface area contributed by atoms with Gasteiger partial charge in [0.25, 0.3) is 0 Å². The molecule has 3 aliphatic rings. The van der Waals surface area contributed by atoms with Crippen LogP contribution in [0.15, 0.2) is 18.2 Å². The first-order valence-electron chi connectivity index (χ1n) is 13.1. The Bertz CT molecular complexity index is 915. The zero-order chi connectivity index (χ0) is 26.1. The van der Waals surface area contributed by atoms with E-state index in [0.29, 0.717) is 25.4 Å². The Morgan fingerprint density at radius 2 is 1.69 bits per heavy atom. The minimum Gasteiger partial charge on any atom is -0.490 e. The third-order valence-corrected chi connectivity index (χ3v) is 7.80. The number of carbonyl (C=O) groups excluding carboxylic acids is 1. The Morgan fingerprint density at radius 1 is 1.03 bits per heavy atom. The normalized spacial score (nSPS) is 22.2. The van der Waals surface area contributed by atoms with Gasteiger partial charge in [-0.3, -0.25) is 4.90 Å². The van der Waals surface area contributed by atoms with Gasteiger partial charge in [-0.2, -0.15) is 13.2 Å². The monoisotopic (exact) mass is 511 g/mol. The number of ether oxygens (including phenoxy) is 2. The van der Waals surface area contributed by atoms with Crippen molar-refractivity contribution in [1.29, 1.82) is 0 Å². The molecule has 6 nitrogen and oxygen atoms in total. The molecule has 9 heteroatoms. The van der Waals surface area contributed by atoms with Gasteiger partial charge < -0.3 is 19.3 Å². The van der Waals surface area contributed by atoms with Crippen LogP contribution in [0.2, 0.25) is 0 Å². The maximum absolute atomic E-state index is 13.5. The van der Waals surface area contributed by atoms with Crippen molar-refractivity contribution in [2.45, 2.75) is 89.3 Å². The molecule has 1 aromatic carbocycles. The van der Waals surface area contributed by atoms with Gasteiger partial charge in [0, 0.05) is 43.8 Å². The van der Waals surface area contributed by atoms with Crippen molar-refractivity contribution in [3.63, 3.8) is 0 Å². The second-order valence-corrected chi connectivity index (χ2v) is 11.7. The lowest BCUT2D eigenvalue weighted by molar-refractivity contribution is -0.137. The molecule has 0 aliphatic carbocycles. The highest BCUT2D eigenvalue weighted by atomic mass is 19.4. The Labute approximate surface area is 212 Å². The summed E-state index contributed by atoms with van der Waals surface area (Å²) in [5.41, 5.74) is -0.446. The van der Waals surface area contributed by atoms with Crippen molar-refractivity contribution in [1.82, 2.24) is 14.7 Å². The molecule has 3 heterocycles. The molecular weight excluding hydrogens is 471 g/mol. The molecule has 4 rings (SSSR count). The molecule has 1 spiro atoms. The van der Waals surface area contributed by atoms with Crippen LogP contribution in [0.4, 0.5) is 18.0 Å². The van der Waals surface area contributed by atoms with Gasteiger partial charge >= 0.3 is 12.3 Å². The van der Waals surface area contributed by atoms with Crippen LogP contribution < -0.4 is 4.74 Å². The molecular formula is C27H40F3N3O3. The van der Waals surface area contributed by atoms with Gasteiger partial charge in [0.1, 0.15) is 17.5 Å². The molecule has 0 aromatic heterocycles. The average molecular weight is 512 g/mol. The van der Waals surface area contributed by atoms with Crippen molar-refractivity contribution in [2.24, 2.45) is 0 Å². The van der Waals surface area contributed by atoms with E-state index in [2.05, 4.69) is 9.80 Å². The van der Waals surface area contributed by atoms with E-state index in [4.69, 9.17) is 9.47 Å². The summed E-state index contributed by atoms with van der Waals surface area (Å²) in [7, 11) is 2.05. The number of halogens is 3. The molecule has 0 unspecified atom stereocenters. The highest BCUT2D eigenvalue weighted by molar-refractivity contribution is 5.68. The summed E-state index contributed by atoms with van der Waals surface area (Å²) in [6.45, 7) is 10.0. The lowest BCUT2D eigenvalue weighted by Gasteiger charge is -2.45. The van der Waals surface area contributed by atoms with Crippen molar-refractivity contribution < 1.29 is 27.4 Å². The average Bonchev–Trinajstić information content (AvgIpc) is 3.16. The second-order valence-electron chi connectivity index (χ2n) is 11.7. The fraction of sp³-hybridized carbons (Fsp3) is 0.741. The number of hydrogen-bond donors (Lipinski definition) is 0. The molecule has 0 N–H and O–H groups in total. The number of likely N-dealkylation sites (tertiary alicyclic amines) is 3. The fourth-order valence-electron chi connectivity index (χ4n) is 5.70. The highest BCUT2D eigenvalue weighted by Gasteiger charge is 2.44. The number of nitrogens with zero attached hydrogens (tertiary/aromatic N) is 3. The minimum atomic E-state index is -4.41. The van der Waals surface area contributed by atoms with Crippen LogP contribution in [0.25, 0.3) is 0 Å². The number of alkyl halides is 3. The number of piperidine rings is 2. The Kier molecular flexibility index (Phi) is 7.81. The van der Waals surface area contributed by atoms with Crippen LogP contribution in [-0.4, -0.2) is 77.8 Å². The summed E-state index contributed by atoms with van der Waals surface area (Å²) < 4.78 is 52.3. The smallest absolute Gasteiger partial charge is 0.416 e. The second kappa shape index (κ2) is 10.4. The van der Waals surface area contributed by atoms with E-state index in [0.717, 1.165) is 63.7 Å². The summed E-state index contributed by atoms with van der Waals surface area (Å²) in [5, 5.41) is 0. The summed E-state index contributed by atoms with van der Waals surface area (Å²) in [6.07, 6.45) is 0.578. The molecule has 3 aliphatic heterocycles. The van der Waals surface area contributed by atoms with Gasteiger partial charge in [-0.15, -0.1) is 0 Å². The summed E-state index contributed by atoms with van der Waals surface area (Å²) in [5.74, 6) is 0.354. The topological polar surface area (TPSA) is 45.2 Å². The standard InChI is InChI=1S/C27H40F3N3O3/c1-25(2,3)36-24(34)32-16-11-26(12-17-32)10-5-13-33(26)19-20-6-7-21(27(28,29)30)18-23(20)35-22-8-14-31(4)15-9-22/h6-7,18,22H,5,8-17,19H2,1-4H3. The van der Waals surface area contributed by atoms with Gasteiger partial charge in [0.05, 0.1) is 5.56 Å². The number of carbonyl (C=O) groups is 1. The lowest BCUT2D eigenvalue weighted by Crippen LogP contribution is -2.53. The number of benzene rings is 1. The Balaban J connectivity index is 1.48. The molecule has 0 bridgehead atoms. The summed E-state index contributed by atoms with van der Waals surface area (Å²) >= 11 is 0. The van der Waals surface area contributed by atoms with Crippen molar-refractivity contribution in [3.8, 4) is 5.75 Å². The maximum atomic E-state index is 13.5. The summed E-state index contributed by atoms with van der Waals surface area (Å²) in [6, 6.07) is 3.95. The van der Waals surface area contributed by atoms with Crippen molar-refractivity contribution in [3.05, 3.63) is 29.3 Å². The van der Waals surface area contributed by atoms with E-state index in [9.17, 15) is 18.0 Å². The predicted molar refractivity (Wildman–Crippen MR) is 132 cm³/mol. The summed E-state index contributed by atoms with van der Waals surface area (Å²) in [4.78, 5) is 18.9. The first-order chi connectivity index (χ1) is 16.8. The first-order valence-corrected chi connectivity index (χ1v) is 13.1. The Morgan fingerprint density at radius 3 is 2.31 bits per heavy atom. The molecule has 36 heavy (non-hydrogen) atoms. The number of amides is 1. The molecule has 3 saturated heterocycles. The van der Waals surface area contributed by atoms with Crippen LogP contribution in [0.3, 0.4) is 0 Å². The molecule has 0 saturated carbocycles. The van der Waals surface area contributed by atoms with E-state index in [-0.39, 0.29) is 17.7 Å². The molecule has 1 aromatic rings. The lowest BCUT2D eigenvalue weighted by atomic mass is 9.84. The van der Waals surface area contributed by atoms with Gasteiger partial charge in [0.2, 0.25) is 0 Å². The zero-order valence-corrected chi connectivity index (χ0v) is 22.0. The van der Waals surface area contributed by atoms with Crippen molar-refractivity contribution >= 4 is 6.09 Å². The van der Waals surface area contributed by atoms with E-state index in [1.807, 2.05) is 27.8 Å². The van der Waals surface area contributed by atoms with Gasteiger partial charge in [0.15, 0.2) is 0 Å². The fourth-order valence-corrected chi connectivity index (χ4v) is 5.70. The van der Waals surface area contributed by atoms with Gasteiger partial charge in [-0.25, -0.2) is 4.79 Å². The van der Waals surface area contributed by atoms with E-state index >= 15 is 0 Å². The van der Waals surface area contributed by atoms with Gasteiger partial charge in [-0.1, -0.05) is 6.07 Å². The molecule has 3 fully saturated rings. The molecule has 0 atom stereocenters. The van der Waals surface area contributed by atoms with Crippen LogP contribution in [0.5, 0.6) is 5.75 Å². The van der Waals surface area contributed by atoms with Crippen molar-refractivity contribution in [2.75, 3.05) is 39.8 Å². The van der Waals surface area contributed by atoms with Crippen LogP contribution in [0.1, 0.15) is 70.4 Å². The first kappa shape index (κ1) is 27.0. The Hall–Kier alpha value is -2.00. The zero-order valence-electron chi connectivity index (χ0n) is 22.0. The third-order valence-electron chi connectivity index (χ3n) is 7.80. The number of hydrogen-bond acceptors (Lipinski definition) is 5. The predicted octanol–water partition coefficient (Wildman–Crippen LogP) is 5.54. The van der Waals surface area contributed by atoms with Gasteiger partial charge in [-0.05, 0) is 85.0 Å². The third kappa shape index (κ3) is 6.46.